The maximum Gasteiger partial charge on any atom is 0.132 e. The van der Waals surface area contributed by atoms with E-state index in [1.54, 1.807) is 0 Å². The summed E-state index contributed by atoms with van der Waals surface area (Å²) in [5.41, 5.74) is 5.55. The van der Waals surface area contributed by atoms with E-state index in [4.69, 9.17) is 5.73 Å². The topological polar surface area (TPSA) is 43.1 Å². The summed E-state index contributed by atoms with van der Waals surface area (Å²) in [4.78, 5) is 11.7. The van der Waals surface area contributed by atoms with Crippen LogP contribution in [0.15, 0.2) is 0 Å². The molecule has 2 nitrogen and oxygen atoms in total. The van der Waals surface area contributed by atoms with Crippen LogP contribution in [0, 0.1) is 5.92 Å². The normalized spacial score (nSPS) is 12.6. The molecule has 120 valence electrons. The summed E-state index contributed by atoms with van der Waals surface area (Å²) in [7, 11) is 0. The van der Waals surface area contributed by atoms with Gasteiger partial charge < -0.3 is 5.73 Å². The predicted octanol–water partition coefficient (Wildman–Crippen LogP) is 5.24. The lowest BCUT2D eigenvalue weighted by atomic mass is 10.0. The summed E-state index contributed by atoms with van der Waals surface area (Å²) in [6, 6.07) is 0. The van der Waals surface area contributed by atoms with Crippen LogP contribution in [0.25, 0.3) is 0 Å². The van der Waals surface area contributed by atoms with Crippen molar-refractivity contribution in [2.75, 3.05) is 6.54 Å². The zero-order valence-electron chi connectivity index (χ0n) is 14.0. The van der Waals surface area contributed by atoms with Gasteiger partial charge in [-0.15, -0.1) is 0 Å². The van der Waals surface area contributed by atoms with Crippen molar-refractivity contribution in [2.45, 2.75) is 97.3 Å². The maximum atomic E-state index is 11.7. The van der Waals surface area contributed by atoms with E-state index >= 15 is 0 Å². The molecule has 1 unspecified atom stereocenters. The molecule has 0 spiro atoms. The lowest BCUT2D eigenvalue weighted by molar-refractivity contribution is -0.119. The van der Waals surface area contributed by atoms with E-state index in [2.05, 4.69) is 13.8 Å². The highest BCUT2D eigenvalue weighted by Gasteiger charge is 2.05. The molecule has 0 aliphatic rings. The Kier molecular flexibility index (Phi) is 14.7. The average Bonchev–Trinajstić information content (AvgIpc) is 2.46. The Hall–Kier alpha value is -0.370. The Balaban J connectivity index is 3.17. The average molecular weight is 284 g/mol. The number of nitrogens with two attached hydrogens (primary N) is 1. The second-order valence-corrected chi connectivity index (χ2v) is 6.35. The third-order valence-electron chi connectivity index (χ3n) is 4.13. The van der Waals surface area contributed by atoms with E-state index in [1.807, 2.05) is 0 Å². The standard InChI is InChI=1S/C18H37NO/c1-3-4-5-6-7-8-9-10-11-12-13-18(20)15-14-17(2)16-19/h17H,3-16,19H2,1-2H3. The van der Waals surface area contributed by atoms with E-state index in [-0.39, 0.29) is 0 Å². The molecule has 0 radical (unpaired) electrons. The molecule has 0 aliphatic heterocycles. The largest absolute Gasteiger partial charge is 0.330 e. The van der Waals surface area contributed by atoms with Crippen molar-refractivity contribution in [3.63, 3.8) is 0 Å². The summed E-state index contributed by atoms with van der Waals surface area (Å²) < 4.78 is 0. The molecule has 0 aliphatic carbocycles. The number of ketones is 1. The van der Waals surface area contributed by atoms with Crippen LogP contribution in [-0.4, -0.2) is 12.3 Å². The highest BCUT2D eigenvalue weighted by molar-refractivity contribution is 5.78. The molecule has 0 heterocycles. The minimum atomic E-state index is 0.435. The van der Waals surface area contributed by atoms with Gasteiger partial charge in [-0.3, -0.25) is 4.79 Å². The van der Waals surface area contributed by atoms with Gasteiger partial charge >= 0.3 is 0 Å². The van der Waals surface area contributed by atoms with Gasteiger partial charge in [0.15, 0.2) is 0 Å². The number of hydrogen-bond donors (Lipinski definition) is 1. The van der Waals surface area contributed by atoms with Gasteiger partial charge in [0.25, 0.3) is 0 Å². The molecule has 0 rings (SSSR count). The van der Waals surface area contributed by atoms with Crippen molar-refractivity contribution in [3.8, 4) is 0 Å². The molecule has 0 aromatic heterocycles. The van der Waals surface area contributed by atoms with Crippen LogP contribution >= 0.6 is 0 Å². The number of rotatable bonds is 15. The highest BCUT2D eigenvalue weighted by atomic mass is 16.1. The van der Waals surface area contributed by atoms with E-state index in [0.29, 0.717) is 18.2 Å². The first-order valence-electron chi connectivity index (χ1n) is 8.92. The Morgan fingerprint density at radius 2 is 1.35 bits per heavy atom. The predicted molar refractivity (Wildman–Crippen MR) is 88.9 cm³/mol. The van der Waals surface area contributed by atoms with Gasteiger partial charge in [-0.25, -0.2) is 0 Å². The number of Topliss-reactive ketones (excluding diaryl/α,β-unsaturated/α-hetero) is 1. The van der Waals surface area contributed by atoms with Gasteiger partial charge in [-0.05, 0) is 25.3 Å². The molecule has 2 N–H and O–H groups in total. The van der Waals surface area contributed by atoms with Crippen molar-refractivity contribution >= 4 is 5.78 Å². The van der Waals surface area contributed by atoms with E-state index in [1.165, 1.54) is 57.8 Å². The lowest BCUT2D eigenvalue weighted by Crippen LogP contribution is -2.12. The van der Waals surface area contributed by atoms with Crippen molar-refractivity contribution in [2.24, 2.45) is 11.7 Å². The maximum absolute atomic E-state index is 11.7. The second-order valence-electron chi connectivity index (χ2n) is 6.35. The molecular formula is C18H37NO. The highest BCUT2D eigenvalue weighted by Crippen LogP contribution is 2.12. The molecule has 1 atom stereocenters. The van der Waals surface area contributed by atoms with Gasteiger partial charge in [0.1, 0.15) is 5.78 Å². The molecule has 0 aromatic carbocycles. The summed E-state index contributed by atoms with van der Waals surface area (Å²) >= 11 is 0. The smallest absolute Gasteiger partial charge is 0.132 e. The number of carbonyl (C=O) groups excluding carboxylic acids is 1. The molecule has 0 saturated carbocycles. The summed E-state index contributed by atoms with van der Waals surface area (Å²) in [6.45, 7) is 5.08. The van der Waals surface area contributed by atoms with E-state index < -0.39 is 0 Å². The van der Waals surface area contributed by atoms with Crippen LogP contribution in [0.1, 0.15) is 97.3 Å². The Labute approximate surface area is 126 Å². The first-order valence-corrected chi connectivity index (χ1v) is 8.92. The fourth-order valence-electron chi connectivity index (χ4n) is 2.46. The van der Waals surface area contributed by atoms with Gasteiger partial charge in [0, 0.05) is 12.8 Å². The molecular weight excluding hydrogens is 246 g/mol. The molecule has 0 aromatic rings. The molecule has 0 saturated heterocycles. The van der Waals surface area contributed by atoms with Crippen LogP contribution in [0.5, 0.6) is 0 Å². The van der Waals surface area contributed by atoms with Crippen LogP contribution in [0.4, 0.5) is 0 Å². The van der Waals surface area contributed by atoms with Gasteiger partial charge in [-0.2, -0.15) is 0 Å². The van der Waals surface area contributed by atoms with Crippen molar-refractivity contribution in [3.05, 3.63) is 0 Å². The molecule has 0 fully saturated rings. The van der Waals surface area contributed by atoms with Gasteiger partial charge in [0.05, 0.1) is 0 Å². The van der Waals surface area contributed by atoms with Gasteiger partial charge in [-0.1, -0.05) is 71.6 Å². The minimum Gasteiger partial charge on any atom is -0.330 e. The van der Waals surface area contributed by atoms with Crippen LogP contribution in [0.3, 0.4) is 0 Å². The van der Waals surface area contributed by atoms with Crippen LogP contribution < -0.4 is 5.73 Å². The monoisotopic (exact) mass is 283 g/mol. The minimum absolute atomic E-state index is 0.435. The van der Waals surface area contributed by atoms with Crippen molar-refractivity contribution in [1.82, 2.24) is 0 Å². The Bertz CT molecular complexity index is 215. The second kappa shape index (κ2) is 15.0. The molecule has 0 bridgehead atoms. The zero-order valence-corrected chi connectivity index (χ0v) is 14.0. The lowest BCUT2D eigenvalue weighted by Gasteiger charge is -2.07. The fraction of sp³-hybridized carbons (Fsp3) is 0.944. The molecule has 0 amide bonds. The van der Waals surface area contributed by atoms with Crippen molar-refractivity contribution < 1.29 is 4.79 Å². The Morgan fingerprint density at radius 1 is 0.850 bits per heavy atom. The summed E-state index contributed by atoms with van der Waals surface area (Å²) in [6.07, 6.45) is 15.8. The summed E-state index contributed by atoms with van der Waals surface area (Å²) in [5, 5.41) is 0. The van der Waals surface area contributed by atoms with Crippen molar-refractivity contribution in [1.29, 1.82) is 0 Å². The molecule has 20 heavy (non-hydrogen) atoms. The zero-order chi connectivity index (χ0) is 15.1. The fourth-order valence-corrected chi connectivity index (χ4v) is 2.46. The number of hydrogen-bond acceptors (Lipinski definition) is 2. The molecule has 2 heteroatoms. The van der Waals surface area contributed by atoms with Gasteiger partial charge in [0.2, 0.25) is 0 Å². The van der Waals surface area contributed by atoms with Crippen LogP contribution in [-0.2, 0) is 4.79 Å². The SMILES string of the molecule is CCCCCCCCCCCCC(=O)CCC(C)CN. The van der Waals surface area contributed by atoms with E-state index in [0.717, 1.165) is 25.7 Å². The Morgan fingerprint density at radius 3 is 1.85 bits per heavy atom. The first-order chi connectivity index (χ1) is 9.70. The third kappa shape index (κ3) is 14.0. The quantitative estimate of drug-likeness (QED) is 0.418. The summed E-state index contributed by atoms with van der Waals surface area (Å²) in [5.74, 6) is 0.927. The van der Waals surface area contributed by atoms with E-state index in [9.17, 15) is 4.79 Å². The number of unbranched alkanes of at least 4 members (excludes halogenated alkanes) is 9. The first kappa shape index (κ1) is 19.6. The number of carbonyl (C=O) groups is 1. The van der Waals surface area contributed by atoms with Crippen LogP contribution in [0.2, 0.25) is 0 Å². The third-order valence-corrected chi connectivity index (χ3v) is 4.13.